The third-order valence-electron chi connectivity index (χ3n) is 2.54. The molecule has 1 heterocycles. The maximum absolute atomic E-state index is 13.6. The zero-order valence-electron chi connectivity index (χ0n) is 9.19. The highest BCUT2D eigenvalue weighted by molar-refractivity contribution is 5.44. The second kappa shape index (κ2) is 4.61. The lowest BCUT2D eigenvalue weighted by molar-refractivity contribution is 0.204. The second-order valence-corrected chi connectivity index (χ2v) is 3.82. The molecule has 5 nitrogen and oxygen atoms in total. The average Bonchev–Trinajstić information content (AvgIpc) is 3.08. The standard InChI is InChI=1S/C10H15FN4O/c1-16-5-4-15(7-2-3-7)9-8(11)6-13-10(12)14-9/h6-7H,2-5H2,1H3,(H2,12,13,14). The number of nitrogen functional groups attached to an aromatic ring is 1. The van der Waals surface area contributed by atoms with Gasteiger partial charge in [0.05, 0.1) is 12.8 Å². The topological polar surface area (TPSA) is 64.3 Å². The fraction of sp³-hybridized carbons (Fsp3) is 0.600. The van der Waals surface area contributed by atoms with Gasteiger partial charge in [0.1, 0.15) is 0 Å². The zero-order chi connectivity index (χ0) is 11.5. The molecule has 0 aromatic carbocycles. The number of anilines is 2. The summed E-state index contributed by atoms with van der Waals surface area (Å²) in [5.74, 6) is -0.0521. The minimum atomic E-state index is -0.433. The number of aromatic nitrogens is 2. The van der Waals surface area contributed by atoms with Crippen molar-refractivity contribution in [3.05, 3.63) is 12.0 Å². The first-order valence-electron chi connectivity index (χ1n) is 5.26. The zero-order valence-corrected chi connectivity index (χ0v) is 9.19. The summed E-state index contributed by atoms with van der Waals surface area (Å²) in [6.45, 7) is 1.16. The van der Waals surface area contributed by atoms with Crippen LogP contribution in [0, 0.1) is 5.82 Å². The Hall–Kier alpha value is -1.43. The average molecular weight is 226 g/mol. The number of methoxy groups -OCH3 is 1. The van der Waals surface area contributed by atoms with Crippen LogP contribution in [-0.4, -0.2) is 36.3 Å². The first-order chi connectivity index (χ1) is 7.72. The van der Waals surface area contributed by atoms with Gasteiger partial charge in [-0.2, -0.15) is 4.98 Å². The smallest absolute Gasteiger partial charge is 0.222 e. The molecule has 0 unspecified atom stereocenters. The van der Waals surface area contributed by atoms with Crippen molar-refractivity contribution < 1.29 is 9.13 Å². The van der Waals surface area contributed by atoms with E-state index in [1.165, 1.54) is 0 Å². The highest BCUT2D eigenvalue weighted by Gasteiger charge is 2.31. The molecule has 1 aliphatic rings. The summed E-state index contributed by atoms with van der Waals surface area (Å²) in [4.78, 5) is 9.46. The molecular formula is C10H15FN4O. The van der Waals surface area contributed by atoms with Crippen LogP contribution in [0.1, 0.15) is 12.8 Å². The molecule has 0 saturated heterocycles. The van der Waals surface area contributed by atoms with Gasteiger partial charge < -0.3 is 15.4 Å². The summed E-state index contributed by atoms with van der Waals surface area (Å²) < 4.78 is 18.6. The quantitative estimate of drug-likeness (QED) is 0.805. The summed E-state index contributed by atoms with van der Waals surface area (Å²) in [5, 5.41) is 0. The van der Waals surface area contributed by atoms with Gasteiger partial charge in [0.15, 0.2) is 11.6 Å². The normalized spacial score (nSPS) is 15.1. The van der Waals surface area contributed by atoms with Crippen LogP contribution in [0.25, 0.3) is 0 Å². The fourth-order valence-corrected chi connectivity index (χ4v) is 1.61. The number of rotatable bonds is 5. The lowest BCUT2D eigenvalue weighted by Crippen LogP contribution is -2.31. The van der Waals surface area contributed by atoms with Gasteiger partial charge in [-0.1, -0.05) is 0 Å². The van der Waals surface area contributed by atoms with Crippen LogP contribution in [0.4, 0.5) is 16.2 Å². The summed E-state index contributed by atoms with van der Waals surface area (Å²) in [7, 11) is 1.62. The highest BCUT2D eigenvalue weighted by Crippen LogP contribution is 2.31. The largest absolute Gasteiger partial charge is 0.383 e. The maximum Gasteiger partial charge on any atom is 0.222 e. The van der Waals surface area contributed by atoms with Gasteiger partial charge in [-0.15, -0.1) is 0 Å². The van der Waals surface area contributed by atoms with Gasteiger partial charge in [-0.3, -0.25) is 0 Å². The van der Waals surface area contributed by atoms with E-state index in [1.54, 1.807) is 7.11 Å². The number of hydrogen-bond donors (Lipinski definition) is 1. The van der Waals surface area contributed by atoms with Crippen molar-refractivity contribution in [2.45, 2.75) is 18.9 Å². The van der Waals surface area contributed by atoms with E-state index in [1.807, 2.05) is 4.90 Å². The molecule has 0 spiro atoms. The van der Waals surface area contributed by atoms with Crippen molar-refractivity contribution in [2.75, 3.05) is 30.9 Å². The summed E-state index contributed by atoms with van der Waals surface area (Å²) in [6, 6.07) is 0.360. The second-order valence-electron chi connectivity index (χ2n) is 3.82. The van der Waals surface area contributed by atoms with Gasteiger partial charge in [0.25, 0.3) is 0 Å². The molecule has 1 saturated carbocycles. The van der Waals surface area contributed by atoms with E-state index in [0.717, 1.165) is 19.0 Å². The van der Waals surface area contributed by atoms with Crippen LogP contribution >= 0.6 is 0 Å². The van der Waals surface area contributed by atoms with E-state index in [2.05, 4.69) is 9.97 Å². The molecule has 6 heteroatoms. The van der Waals surface area contributed by atoms with Gasteiger partial charge in [-0.05, 0) is 12.8 Å². The van der Waals surface area contributed by atoms with Gasteiger partial charge >= 0.3 is 0 Å². The van der Waals surface area contributed by atoms with E-state index in [0.29, 0.717) is 19.2 Å². The van der Waals surface area contributed by atoms with E-state index >= 15 is 0 Å². The number of ether oxygens (including phenoxy) is 1. The molecule has 0 radical (unpaired) electrons. The number of halogens is 1. The van der Waals surface area contributed by atoms with Crippen LogP contribution in [-0.2, 0) is 4.74 Å². The van der Waals surface area contributed by atoms with E-state index in [-0.39, 0.29) is 11.8 Å². The molecule has 2 N–H and O–H groups in total. The number of nitrogens with zero attached hydrogens (tertiary/aromatic N) is 3. The third-order valence-corrected chi connectivity index (χ3v) is 2.54. The predicted octanol–water partition coefficient (Wildman–Crippen LogP) is 0.813. The monoisotopic (exact) mass is 226 g/mol. The van der Waals surface area contributed by atoms with Crippen molar-refractivity contribution in [3.8, 4) is 0 Å². The fourth-order valence-electron chi connectivity index (χ4n) is 1.61. The van der Waals surface area contributed by atoms with Gasteiger partial charge in [0.2, 0.25) is 5.95 Å². The predicted molar refractivity (Wildman–Crippen MR) is 58.6 cm³/mol. The van der Waals surface area contributed by atoms with Crippen LogP contribution < -0.4 is 10.6 Å². The maximum atomic E-state index is 13.6. The Balaban J connectivity index is 2.19. The molecule has 1 aromatic heterocycles. The minimum absolute atomic E-state index is 0.0967. The van der Waals surface area contributed by atoms with Gasteiger partial charge in [-0.25, -0.2) is 9.37 Å². The Kier molecular flexibility index (Phi) is 3.19. The first kappa shape index (κ1) is 11.1. The van der Waals surface area contributed by atoms with E-state index < -0.39 is 5.82 Å². The molecule has 0 bridgehead atoms. The molecular weight excluding hydrogens is 211 g/mol. The van der Waals surface area contributed by atoms with Crippen LogP contribution in [0.3, 0.4) is 0 Å². The lowest BCUT2D eigenvalue weighted by Gasteiger charge is -2.23. The molecule has 88 valence electrons. The van der Waals surface area contributed by atoms with Crippen molar-refractivity contribution in [3.63, 3.8) is 0 Å². The Morgan fingerprint density at radius 3 is 3.00 bits per heavy atom. The number of nitrogens with two attached hydrogens (primary N) is 1. The molecule has 0 aliphatic heterocycles. The summed E-state index contributed by atoms with van der Waals surface area (Å²) in [5.41, 5.74) is 5.47. The number of hydrogen-bond acceptors (Lipinski definition) is 5. The molecule has 1 aliphatic carbocycles. The van der Waals surface area contributed by atoms with Crippen LogP contribution in [0.5, 0.6) is 0 Å². The Labute approximate surface area is 93.4 Å². The van der Waals surface area contributed by atoms with Crippen LogP contribution in [0.2, 0.25) is 0 Å². The van der Waals surface area contributed by atoms with Crippen molar-refractivity contribution in [1.82, 2.24) is 9.97 Å². The SMILES string of the molecule is COCCN(c1nc(N)ncc1F)C1CC1. The third kappa shape index (κ3) is 2.38. The van der Waals surface area contributed by atoms with Gasteiger partial charge in [0, 0.05) is 19.7 Å². The molecule has 1 aromatic rings. The van der Waals surface area contributed by atoms with E-state index in [4.69, 9.17) is 10.5 Å². The lowest BCUT2D eigenvalue weighted by atomic mass is 10.4. The molecule has 0 amide bonds. The first-order valence-corrected chi connectivity index (χ1v) is 5.26. The van der Waals surface area contributed by atoms with E-state index in [9.17, 15) is 4.39 Å². The Bertz CT molecular complexity index is 370. The highest BCUT2D eigenvalue weighted by atomic mass is 19.1. The summed E-state index contributed by atoms with van der Waals surface area (Å²) in [6.07, 6.45) is 3.24. The van der Waals surface area contributed by atoms with Crippen molar-refractivity contribution >= 4 is 11.8 Å². The molecule has 16 heavy (non-hydrogen) atoms. The minimum Gasteiger partial charge on any atom is -0.383 e. The van der Waals surface area contributed by atoms with Crippen molar-refractivity contribution in [2.24, 2.45) is 0 Å². The molecule has 2 rings (SSSR count). The molecule has 1 fully saturated rings. The summed E-state index contributed by atoms with van der Waals surface area (Å²) >= 11 is 0. The molecule has 0 atom stereocenters. The van der Waals surface area contributed by atoms with Crippen LogP contribution in [0.15, 0.2) is 6.20 Å². The van der Waals surface area contributed by atoms with Crippen molar-refractivity contribution in [1.29, 1.82) is 0 Å². The Morgan fingerprint density at radius 2 is 2.38 bits per heavy atom. The Morgan fingerprint density at radius 1 is 1.62 bits per heavy atom.